The van der Waals surface area contributed by atoms with Crippen LogP contribution in [0.4, 0.5) is 0 Å². The van der Waals surface area contributed by atoms with Gasteiger partial charge in [0.05, 0.1) is 24.6 Å². The maximum absolute atomic E-state index is 12.3. The van der Waals surface area contributed by atoms with E-state index < -0.39 is 11.8 Å². The molecule has 2 heterocycles. The Balaban J connectivity index is 2.32. The fraction of sp³-hybridized carbons (Fsp3) is 0.125. The Morgan fingerprint density at radius 2 is 2.05 bits per heavy atom. The van der Waals surface area contributed by atoms with E-state index in [1.807, 2.05) is 25.1 Å². The zero-order valence-electron chi connectivity index (χ0n) is 11.6. The third-order valence-electron chi connectivity index (χ3n) is 3.32. The van der Waals surface area contributed by atoms with Crippen molar-refractivity contribution in [2.24, 2.45) is 0 Å². The van der Waals surface area contributed by atoms with Crippen LogP contribution in [-0.2, 0) is 9.53 Å². The van der Waals surface area contributed by atoms with Crippen LogP contribution in [0.5, 0.6) is 0 Å². The quantitative estimate of drug-likeness (QED) is 0.455. The number of nitrogens with one attached hydrogen (secondary N) is 1. The minimum atomic E-state index is -0.898. The number of aromatic amines is 1. The number of carbonyl (C=O) groups excluding carboxylic acids is 2. The maximum atomic E-state index is 12.3. The van der Waals surface area contributed by atoms with E-state index in [0.717, 1.165) is 11.1 Å². The molecule has 5 nitrogen and oxygen atoms in total. The zero-order chi connectivity index (χ0) is 15.0. The Morgan fingerprint density at radius 1 is 1.24 bits per heavy atom. The van der Waals surface area contributed by atoms with Gasteiger partial charge in [-0.25, -0.2) is 4.79 Å². The molecule has 3 rings (SSSR count). The summed E-state index contributed by atoms with van der Waals surface area (Å²) in [5, 5.41) is 0.678. The van der Waals surface area contributed by atoms with E-state index >= 15 is 0 Å². The van der Waals surface area contributed by atoms with Crippen LogP contribution in [-0.4, -0.2) is 23.8 Å². The Kier molecular flexibility index (Phi) is 3.10. The van der Waals surface area contributed by atoms with E-state index in [-0.39, 0.29) is 5.56 Å². The minimum Gasteiger partial charge on any atom is -0.463 e. The molecule has 0 unspecified atom stereocenters. The monoisotopic (exact) mass is 283 g/mol. The highest BCUT2D eigenvalue weighted by atomic mass is 16.5. The van der Waals surface area contributed by atoms with E-state index in [0.29, 0.717) is 16.8 Å². The standard InChI is InChI=1S/C16H13NO4/c1-9-5-6-11-10(8-9)13(15(18)16(19)20-2)14(17-11)12-4-3-7-21-12/h3-8,17H,1-2H3. The smallest absolute Gasteiger partial charge is 0.379 e. The van der Waals surface area contributed by atoms with E-state index in [1.54, 1.807) is 12.1 Å². The highest BCUT2D eigenvalue weighted by Gasteiger charge is 2.26. The van der Waals surface area contributed by atoms with Crippen LogP contribution in [0.15, 0.2) is 41.0 Å². The molecule has 0 bridgehead atoms. The summed E-state index contributed by atoms with van der Waals surface area (Å²) in [7, 11) is 1.19. The number of hydrogen-bond acceptors (Lipinski definition) is 4. The van der Waals surface area contributed by atoms with Crippen molar-refractivity contribution in [1.29, 1.82) is 0 Å². The molecule has 0 aliphatic heterocycles. The van der Waals surface area contributed by atoms with E-state index in [2.05, 4.69) is 9.72 Å². The van der Waals surface area contributed by atoms with Crippen LogP contribution in [0.3, 0.4) is 0 Å². The van der Waals surface area contributed by atoms with Gasteiger partial charge in [0.15, 0.2) is 5.76 Å². The number of rotatable bonds is 3. The van der Waals surface area contributed by atoms with Gasteiger partial charge in [-0.2, -0.15) is 0 Å². The predicted octanol–water partition coefficient (Wildman–Crippen LogP) is 3.09. The Hall–Kier alpha value is -2.82. The maximum Gasteiger partial charge on any atom is 0.379 e. The molecule has 0 saturated heterocycles. The molecule has 0 radical (unpaired) electrons. The lowest BCUT2D eigenvalue weighted by Crippen LogP contribution is -2.16. The molecule has 5 heteroatoms. The van der Waals surface area contributed by atoms with Crippen molar-refractivity contribution in [1.82, 2.24) is 4.98 Å². The van der Waals surface area contributed by atoms with Gasteiger partial charge < -0.3 is 14.1 Å². The molecule has 0 saturated carbocycles. The third kappa shape index (κ3) is 2.12. The number of Topliss-reactive ketones (excluding diaryl/α,β-unsaturated/α-hetero) is 1. The summed E-state index contributed by atoms with van der Waals surface area (Å²) in [6.45, 7) is 1.92. The Morgan fingerprint density at radius 3 is 2.71 bits per heavy atom. The van der Waals surface area contributed by atoms with E-state index in [9.17, 15) is 9.59 Å². The number of H-pyrrole nitrogens is 1. The van der Waals surface area contributed by atoms with Gasteiger partial charge in [-0.15, -0.1) is 0 Å². The number of aryl methyl sites for hydroxylation is 1. The van der Waals surface area contributed by atoms with Gasteiger partial charge in [0.25, 0.3) is 5.78 Å². The number of hydrogen-bond donors (Lipinski definition) is 1. The first-order valence-electron chi connectivity index (χ1n) is 6.40. The molecule has 1 aromatic carbocycles. The lowest BCUT2D eigenvalue weighted by Gasteiger charge is -2.01. The summed E-state index contributed by atoms with van der Waals surface area (Å²) < 4.78 is 9.90. The second kappa shape index (κ2) is 4.94. The number of ketones is 1. The molecule has 0 spiro atoms. The van der Waals surface area contributed by atoms with Crippen molar-refractivity contribution in [3.63, 3.8) is 0 Å². The van der Waals surface area contributed by atoms with Gasteiger partial charge in [0.2, 0.25) is 0 Å². The highest BCUT2D eigenvalue weighted by Crippen LogP contribution is 2.31. The van der Waals surface area contributed by atoms with Gasteiger partial charge in [-0.3, -0.25) is 4.79 Å². The molecule has 0 aliphatic carbocycles. The SMILES string of the molecule is COC(=O)C(=O)c1c(-c2ccco2)[nH]c2ccc(C)cc12. The molecular formula is C16H13NO4. The van der Waals surface area contributed by atoms with Gasteiger partial charge in [-0.1, -0.05) is 11.6 Å². The Labute approximate surface area is 120 Å². The lowest BCUT2D eigenvalue weighted by molar-refractivity contribution is -0.135. The molecule has 1 N–H and O–H groups in total. The van der Waals surface area contributed by atoms with Gasteiger partial charge in [0.1, 0.15) is 0 Å². The zero-order valence-corrected chi connectivity index (χ0v) is 11.6. The molecule has 106 valence electrons. The number of carbonyl (C=O) groups is 2. The number of fused-ring (bicyclic) bond motifs is 1. The lowest BCUT2D eigenvalue weighted by atomic mass is 10.0. The van der Waals surface area contributed by atoms with Crippen molar-refractivity contribution in [3.8, 4) is 11.5 Å². The average molecular weight is 283 g/mol. The van der Waals surface area contributed by atoms with Crippen LogP contribution in [0.2, 0.25) is 0 Å². The predicted molar refractivity (Wildman–Crippen MR) is 77.1 cm³/mol. The second-order valence-corrected chi connectivity index (χ2v) is 4.72. The van der Waals surface area contributed by atoms with E-state index in [4.69, 9.17) is 4.42 Å². The topological polar surface area (TPSA) is 72.3 Å². The molecule has 0 atom stereocenters. The van der Waals surface area contributed by atoms with Crippen molar-refractivity contribution in [3.05, 3.63) is 47.7 Å². The number of methoxy groups -OCH3 is 1. The van der Waals surface area contributed by atoms with E-state index in [1.165, 1.54) is 13.4 Å². The number of esters is 1. The summed E-state index contributed by atoms with van der Waals surface area (Å²) >= 11 is 0. The molecule has 2 aromatic heterocycles. The van der Waals surface area contributed by atoms with Crippen molar-refractivity contribution >= 4 is 22.7 Å². The number of aromatic nitrogens is 1. The summed E-state index contributed by atoms with van der Waals surface area (Å²) in [4.78, 5) is 27.1. The largest absolute Gasteiger partial charge is 0.463 e. The normalized spacial score (nSPS) is 10.8. The highest BCUT2D eigenvalue weighted by molar-refractivity contribution is 6.44. The Bertz CT molecular complexity index is 827. The van der Waals surface area contributed by atoms with Gasteiger partial charge in [-0.05, 0) is 31.2 Å². The molecule has 21 heavy (non-hydrogen) atoms. The van der Waals surface area contributed by atoms with Crippen molar-refractivity contribution in [2.75, 3.05) is 7.11 Å². The molecule has 0 fully saturated rings. The van der Waals surface area contributed by atoms with Crippen LogP contribution in [0.1, 0.15) is 15.9 Å². The fourth-order valence-electron chi connectivity index (χ4n) is 2.34. The summed E-state index contributed by atoms with van der Waals surface area (Å²) in [5.41, 5.74) is 2.51. The van der Waals surface area contributed by atoms with Crippen LogP contribution >= 0.6 is 0 Å². The van der Waals surface area contributed by atoms with Crippen LogP contribution in [0.25, 0.3) is 22.4 Å². The summed E-state index contributed by atoms with van der Waals surface area (Å²) in [6, 6.07) is 9.10. The summed E-state index contributed by atoms with van der Waals surface area (Å²) in [6.07, 6.45) is 1.51. The number of ether oxygens (including phenoxy) is 1. The number of benzene rings is 1. The molecular weight excluding hydrogens is 270 g/mol. The fourth-order valence-corrected chi connectivity index (χ4v) is 2.34. The number of furan rings is 1. The minimum absolute atomic E-state index is 0.274. The molecule has 3 aromatic rings. The van der Waals surface area contributed by atoms with Gasteiger partial charge >= 0.3 is 5.97 Å². The first-order chi connectivity index (χ1) is 10.1. The van der Waals surface area contributed by atoms with Gasteiger partial charge in [0, 0.05) is 10.9 Å². The van der Waals surface area contributed by atoms with Crippen molar-refractivity contribution in [2.45, 2.75) is 6.92 Å². The van der Waals surface area contributed by atoms with Crippen LogP contribution < -0.4 is 0 Å². The second-order valence-electron chi connectivity index (χ2n) is 4.72. The third-order valence-corrected chi connectivity index (χ3v) is 3.32. The van der Waals surface area contributed by atoms with Crippen LogP contribution in [0, 0.1) is 6.92 Å². The summed E-state index contributed by atoms with van der Waals surface area (Å²) in [5.74, 6) is -1.10. The molecule has 0 aliphatic rings. The first kappa shape index (κ1) is 13.2. The average Bonchev–Trinajstić information content (AvgIpc) is 3.12. The molecule has 0 amide bonds. The first-order valence-corrected chi connectivity index (χ1v) is 6.40. The van der Waals surface area contributed by atoms with Crippen molar-refractivity contribution < 1.29 is 18.7 Å².